The summed E-state index contributed by atoms with van der Waals surface area (Å²) >= 11 is 10.1. The molecule has 1 aliphatic rings. The quantitative estimate of drug-likeness (QED) is 0.378. The summed E-state index contributed by atoms with van der Waals surface area (Å²) in [6.45, 7) is 3.69. The molecule has 0 N–H and O–H groups in total. The Balaban J connectivity index is 0.00000162. The maximum Gasteiger partial charge on any atom is 0.150 e. The van der Waals surface area contributed by atoms with Crippen molar-refractivity contribution < 1.29 is 27.2 Å². The van der Waals surface area contributed by atoms with Crippen molar-refractivity contribution in [2.75, 3.05) is 31.1 Å². The number of nitrogens with zero attached hydrogens (tertiary/aromatic N) is 2. The Morgan fingerprint density at radius 3 is 2.06 bits per heavy atom. The molecule has 103 valence electrons. The third-order valence-corrected chi connectivity index (χ3v) is 3.60. The van der Waals surface area contributed by atoms with E-state index in [1.54, 1.807) is 0 Å². The number of hydrogen-bond acceptors (Lipinski definition) is 5. The van der Waals surface area contributed by atoms with Crippen LogP contribution in [-0.4, -0.2) is 42.1 Å². The second-order valence-electron chi connectivity index (χ2n) is 4.04. The number of hydrogen-bond donors (Lipinski definition) is 0. The van der Waals surface area contributed by atoms with Gasteiger partial charge in [-0.3, -0.25) is 4.79 Å². The van der Waals surface area contributed by atoms with Gasteiger partial charge < -0.3 is 35.1 Å². The van der Waals surface area contributed by atoms with Crippen LogP contribution in [0.1, 0.15) is 10.4 Å². The Morgan fingerprint density at radius 1 is 1.06 bits per heavy atom. The van der Waals surface area contributed by atoms with Crippen LogP contribution in [0.15, 0.2) is 24.3 Å². The molecule has 0 atom stereocenters. The van der Waals surface area contributed by atoms with Crippen LogP contribution in [-0.2, 0) is 47.6 Å². The van der Waals surface area contributed by atoms with Gasteiger partial charge in [-0.25, -0.2) is 4.71 Å². The van der Waals surface area contributed by atoms with E-state index in [2.05, 4.69) is 9.80 Å². The van der Waals surface area contributed by atoms with E-state index in [9.17, 15) is 4.79 Å². The molecule has 1 aromatic rings. The molecule has 0 saturated carbocycles. The topological polar surface area (TPSA) is 23.6 Å². The zero-order chi connectivity index (χ0) is 12.3. The van der Waals surface area contributed by atoms with Crippen molar-refractivity contribution in [3.63, 3.8) is 0 Å². The van der Waals surface area contributed by atoms with E-state index in [0.29, 0.717) is 5.56 Å². The second kappa shape index (κ2) is 7.62. The van der Waals surface area contributed by atoms with Crippen LogP contribution in [0.3, 0.4) is 0 Å². The molecule has 1 aromatic carbocycles. The van der Waals surface area contributed by atoms with Crippen LogP contribution in [0.25, 0.3) is 0 Å². The molecule has 0 unspecified atom stereocenters. The number of anilines is 1. The van der Waals surface area contributed by atoms with E-state index < -0.39 is 0 Å². The van der Waals surface area contributed by atoms with Gasteiger partial charge in [-0.2, -0.15) is 0 Å². The van der Waals surface area contributed by atoms with Gasteiger partial charge in [-0.05, 0) is 24.3 Å². The minimum atomic E-state index is -0.199. The molecule has 0 bridgehead atoms. The molecule has 3 nitrogen and oxygen atoms in total. The first-order valence-electron chi connectivity index (χ1n) is 5.56. The molecule has 1 saturated heterocycles. The third-order valence-electron chi connectivity index (χ3n) is 3.01. The first kappa shape index (κ1) is 16.1. The van der Waals surface area contributed by atoms with Gasteiger partial charge >= 0.3 is 0 Å². The standard InChI is InChI=1S/C12H16N2OS2.Au/c15-9-10-1-3-11(4-2-10)13-5-7-14(8-6-13)12(16)17;/h1-4,9,12,16-17H,5-8H2;/p-2. The third kappa shape index (κ3) is 4.05. The monoisotopic (exact) mass is 463 g/mol. The molecule has 2 rings (SSSR count). The number of rotatable bonds is 3. The first-order valence-corrected chi connectivity index (χ1v) is 6.51. The summed E-state index contributed by atoms with van der Waals surface area (Å²) in [4.78, 5) is 15.0. The number of carbonyl (C=O) groups excluding carboxylic acids is 1. The van der Waals surface area contributed by atoms with Gasteiger partial charge in [-0.1, -0.05) is 0 Å². The summed E-state index contributed by atoms with van der Waals surface area (Å²) < 4.78 is -0.199. The minimum absolute atomic E-state index is 0. The van der Waals surface area contributed by atoms with Crippen LogP contribution in [0, 0.1) is 0 Å². The van der Waals surface area contributed by atoms with Crippen molar-refractivity contribution in [3.8, 4) is 0 Å². The average Bonchev–Trinajstić information content (AvgIpc) is 2.39. The molecule has 18 heavy (non-hydrogen) atoms. The van der Waals surface area contributed by atoms with Crippen molar-refractivity contribution in [1.29, 1.82) is 0 Å². The van der Waals surface area contributed by atoms with Gasteiger partial charge in [0, 0.05) is 59.8 Å². The largest absolute Gasteiger partial charge is 0.800 e. The van der Waals surface area contributed by atoms with Crippen molar-refractivity contribution in [2.45, 2.75) is 4.71 Å². The van der Waals surface area contributed by atoms with E-state index in [-0.39, 0.29) is 27.1 Å². The fourth-order valence-corrected chi connectivity index (χ4v) is 2.38. The van der Waals surface area contributed by atoms with Crippen LogP contribution in [0.2, 0.25) is 0 Å². The molecule has 1 radical (unpaired) electrons. The minimum Gasteiger partial charge on any atom is -0.800 e. The Bertz CT molecular complexity index is 378. The van der Waals surface area contributed by atoms with E-state index in [1.807, 2.05) is 24.3 Å². The fourth-order valence-electron chi connectivity index (χ4n) is 1.95. The van der Waals surface area contributed by atoms with Gasteiger partial charge in [0.1, 0.15) is 6.29 Å². The van der Waals surface area contributed by atoms with Crippen LogP contribution in [0.5, 0.6) is 0 Å². The number of piperazine rings is 1. The molecule has 0 aromatic heterocycles. The van der Waals surface area contributed by atoms with Crippen molar-refractivity contribution in [3.05, 3.63) is 29.8 Å². The zero-order valence-electron chi connectivity index (χ0n) is 9.71. The summed E-state index contributed by atoms with van der Waals surface area (Å²) in [6.07, 6.45) is 0.862. The molecule has 0 amide bonds. The summed E-state index contributed by atoms with van der Waals surface area (Å²) in [7, 11) is 0. The van der Waals surface area contributed by atoms with Crippen LogP contribution in [0.4, 0.5) is 5.69 Å². The van der Waals surface area contributed by atoms with Crippen molar-refractivity contribution in [1.82, 2.24) is 4.90 Å². The van der Waals surface area contributed by atoms with Crippen LogP contribution >= 0.6 is 0 Å². The summed E-state index contributed by atoms with van der Waals surface area (Å²) in [6, 6.07) is 7.66. The first-order chi connectivity index (χ1) is 8.20. The summed E-state index contributed by atoms with van der Waals surface area (Å²) in [5, 5.41) is 0. The Labute approximate surface area is 134 Å². The molecule has 6 heteroatoms. The van der Waals surface area contributed by atoms with Gasteiger partial charge in [0.05, 0.1) is 0 Å². The summed E-state index contributed by atoms with van der Waals surface area (Å²) in [5.41, 5.74) is 1.86. The van der Waals surface area contributed by atoms with Crippen molar-refractivity contribution >= 4 is 37.2 Å². The molecule has 1 aliphatic heterocycles. The molecule has 0 spiro atoms. The molecule has 0 aliphatic carbocycles. The van der Waals surface area contributed by atoms with Crippen molar-refractivity contribution in [2.24, 2.45) is 0 Å². The van der Waals surface area contributed by atoms with E-state index in [0.717, 1.165) is 38.2 Å². The van der Waals surface area contributed by atoms with E-state index in [1.165, 1.54) is 0 Å². The predicted molar refractivity (Wildman–Crippen MR) is 74.1 cm³/mol. The van der Waals surface area contributed by atoms with Gasteiger partial charge in [0.2, 0.25) is 0 Å². The van der Waals surface area contributed by atoms with Gasteiger partial charge in [-0.15, -0.1) is 0 Å². The molecular formula is C12H14AuN2OS2-2. The maximum atomic E-state index is 10.6. The van der Waals surface area contributed by atoms with Crippen LogP contribution < -0.4 is 4.90 Å². The summed E-state index contributed by atoms with van der Waals surface area (Å²) in [5.74, 6) is 0. The Morgan fingerprint density at radius 2 is 1.61 bits per heavy atom. The fraction of sp³-hybridized carbons (Fsp3) is 0.417. The SMILES string of the molecule is O=Cc1ccc(N2CCN(C([S-])[S-])CC2)cc1.[Au]. The second-order valence-corrected chi connectivity index (χ2v) is 5.23. The Kier molecular flexibility index (Phi) is 6.84. The average molecular weight is 463 g/mol. The zero-order valence-corrected chi connectivity index (χ0v) is 13.5. The number of benzene rings is 1. The van der Waals surface area contributed by atoms with E-state index in [4.69, 9.17) is 25.3 Å². The number of carbonyl (C=O) groups is 1. The maximum absolute atomic E-state index is 10.6. The predicted octanol–water partition coefficient (Wildman–Crippen LogP) is 0.996. The molecule has 1 fully saturated rings. The normalized spacial score (nSPS) is 16.5. The van der Waals surface area contributed by atoms with Gasteiger partial charge in [0.25, 0.3) is 0 Å². The van der Waals surface area contributed by atoms with E-state index >= 15 is 0 Å². The molecule has 1 heterocycles. The number of aldehydes is 1. The van der Waals surface area contributed by atoms with Gasteiger partial charge in [0.15, 0.2) is 0 Å². The Hall–Kier alpha value is 0.0903. The smallest absolute Gasteiger partial charge is 0.150 e. The molecular weight excluding hydrogens is 449 g/mol.